The number of para-hydroxylation sites is 1. The van der Waals surface area contributed by atoms with Gasteiger partial charge in [-0.05, 0) is 12.1 Å². The SMILES string of the molecule is O=C(Cn1cncn1)N1CCO[C@@H](C(=O)N2CCN(c3ccccc3)CC2)C1. The highest BCUT2D eigenvalue weighted by atomic mass is 16.5. The van der Waals surface area contributed by atoms with Gasteiger partial charge in [-0.25, -0.2) is 9.67 Å². The van der Waals surface area contributed by atoms with Crippen LogP contribution in [0.1, 0.15) is 0 Å². The van der Waals surface area contributed by atoms with Crippen molar-refractivity contribution in [3.8, 4) is 0 Å². The molecule has 0 aliphatic carbocycles. The molecule has 0 unspecified atom stereocenters. The first kappa shape index (κ1) is 18.4. The van der Waals surface area contributed by atoms with E-state index in [0.717, 1.165) is 13.1 Å². The lowest BCUT2D eigenvalue weighted by Gasteiger charge is -2.39. The number of carbonyl (C=O) groups is 2. The van der Waals surface area contributed by atoms with E-state index in [1.54, 1.807) is 4.90 Å². The lowest BCUT2D eigenvalue weighted by Crippen LogP contribution is -2.56. The predicted octanol–water partition coefficient (Wildman–Crippen LogP) is -0.146. The van der Waals surface area contributed by atoms with Crippen LogP contribution in [0.2, 0.25) is 0 Å². The maximum atomic E-state index is 12.9. The van der Waals surface area contributed by atoms with E-state index in [1.807, 2.05) is 23.1 Å². The summed E-state index contributed by atoms with van der Waals surface area (Å²) in [5.41, 5.74) is 1.17. The Morgan fingerprint density at radius 3 is 2.54 bits per heavy atom. The molecular formula is C19H24N6O3. The second-order valence-electron chi connectivity index (χ2n) is 6.94. The summed E-state index contributed by atoms with van der Waals surface area (Å²) in [6, 6.07) is 10.2. The molecule has 28 heavy (non-hydrogen) atoms. The number of nitrogens with zero attached hydrogens (tertiary/aromatic N) is 6. The molecule has 2 aromatic rings. The number of morpholine rings is 1. The number of ether oxygens (including phenoxy) is 1. The van der Waals surface area contributed by atoms with Crippen LogP contribution < -0.4 is 4.90 Å². The molecule has 2 saturated heterocycles. The van der Waals surface area contributed by atoms with E-state index in [9.17, 15) is 9.59 Å². The first-order valence-electron chi connectivity index (χ1n) is 9.51. The van der Waals surface area contributed by atoms with Gasteiger partial charge in [-0.1, -0.05) is 18.2 Å². The molecule has 0 spiro atoms. The summed E-state index contributed by atoms with van der Waals surface area (Å²) < 4.78 is 7.17. The summed E-state index contributed by atoms with van der Waals surface area (Å²) in [7, 11) is 0. The minimum atomic E-state index is -0.600. The summed E-state index contributed by atoms with van der Waals surface area (Å²) >= 11 is 0. The van der Waals surface area contributed by atoms with E-state index in [2.05, 4.69) is 27.1 Å². The number of rotatable bonds is 4. The van der Waals surface area contributed by atoms with Crippen molar-refractivity contribution in [3.05, 3.63) is 43.0 Å². The molecule has 0 N–H and O–H groups in total. The molecule has 9 nitrogen and oxygen atoms in total. The Kier molecular flexibility index (Phi) is 5.52. The van der Waals surface area contributed by atoms with Crippen molar-refractivity contribution in [2.24, 2.45) is 0 Å². The number of hydrogen-bond acceptors (Lipinski definition) is 6. The predicted molar refractivity (Wildman–Crippen MR) is 102 cm³/mol. The lowest BCUT2D eigenvalue weighted by molar-refractivity contribution is -0.154. The first-order valence-corrected chi connectivity index (χ1v) is 9.51. The van der Waals surface area contributed by atoms with Crippen LogP contribution in [0.4, 0.5) is 5.69 Å². The van der Waals surface area contributed by atoms with Gasteiger partial charge in [0.15, 0.2) is 6.10 Å². The number of carbonyl (C=O) groups excluding carboxylic acids is 2. The quantitative estimate of drug-likeness (QED) is 0.729. The van der Waals surface area contributed by atoms with Gasteiger partial charge in [0.2, 0.25) is 5.91 Å². The molecule has 1 atom stereocenters. The van der Waals surface area contributed by atoms with Crippen LogP contribution in [0.3, 0.4) is 0 Å². The highest BCUT2D eigenvalue weighted by Crippen LogP contribution is 2.17. The summed E-state index contributed by atoms with van der Waals surface area (Å²) in [6.45, 7) is 4.14. The lowest BCUT2D eigenvalue weighted by atomic mass is 10.2. The van der Waals surface area contributed by atoms with E-state index < -0.39 is 6.10 Å². The van der Waals surface area contributed by atoms with Crippen molar-refractivity contribution in [3.63, 3.8) is 0 Å². The maximum Gasteiger partial charge on any atom is 0.253 e. The molecule has 148 valence electrons. The Morgan fingerprint density at radius 2 is 1.82 bits per heavy atom. The Bertz CT molecular complexity index is 789. The van der Waals surface area contributed by atoms with Crippen molar-refractivity contribution < 1.29 is 14.3 Å². The van der Waals surface area contributed by atoms with E-state index in [-0.39, 0.29) is 24.9 Å². The van der Waals surface area contributed by atoms with Gasteiger partial charge in [0.25, 0.3) is 5.91 Å². The molecule has 1 aromatic heterocycles. The number of hydrogen-bond donors (Lipinski definition) is 0. The zero-order chi connectivity index (χ0) is 19.3. The zero-order valence-corrected chi connectivity index (χ0v) is 15.7. The van der Waals surface area contributed by atoms with Crippen molar-refractivity contribution in [1.29, 1.82) is 0 Å². The van der Waals surface area contributed by atoms with Crippen LogP contribution in [0.5, 0.6) is 0 Å². The van der Waals surface area contributed by atoms with Gasteiger partial charge in [0.1, 0.15) is 19.2 Å². The topological polar surface area (TPSA) is 83.8 Å². The Hall–Kier alpha value is -2.94. The largest absolute Gasteiger partial charge is 0.368 e. The average Bonchev–Trinajstić information content (AvgIpc) is 3.27. The fourth-order valence-electron chi connectivity index (χ4n) is 3.61. The van der Waals surface area contributed by atoms with Gasteiger partial charge >= 0.3 is 0 Å². The maximum absolute atomic E-state index is 12.9. The van der Waals surface area contributed by atoms with E-state index in [1.165, 1.54) is 23.0 Å². The third-order valence-electron chi connectivity index (χ3n) is 5.17. The molecule has 3 heterocycles. The van der Waals surface area contributed by atoms with Crippen molar-refractivity contribution in [2.45, 2.75) is 12.6 Å². The molecular weight excluding hydrogens is 360 g/mol. The highest BCUT2D eigenvalue weighted by Gasteiger charge is 2.33. The highest BCUT2D eigenvalue weighted by molar-refractivity contribution is 5.83. The fraction of sp³-hybridized carbons (Fsp3) is 0.474. The average molecular weight is 384 g/mol. The molecule has 2 aliphatic heterocycles. The second-order valence-corrected chi connectivity index (χ2v) is 6.94. The molecule has 0 bridgehead atoms. The van der Waals surface area contributed by atoms with Crippen LogP contribution in [0.25, 0.3) is 0 Å². The van der Waals surface area contributed by atoms with Crippen molar-refractivity contribution >= 4 is 17.5 Å². The van der Waals surface area contributed by atoms with Crippen LogP contribution in [-0.2, 0) is 20.9 Å². The molecule has 0 saturated carbocycles. The molecule has 0 radical (unpaired) electrons. The third-order valence-corrected chi connectivity index (χ3v) is 5.17. The molecule has 2 aliphatic rings. The van der Waals surface area contributed by atoms with E-state index in [4.69, 9.17) is 4.74 Å². The normalized spacial score (nSPS) is 20.3. The van der Waals surface area contributed by atoms with Crippen LogP contribution in [0.15, 0.2) is 43.0 Å². The van der Waals surface area contributed by atoms with Gasteiger partial charge in [-0.2, -0.15) is 5.10 Å². The monoisotopic (exact) mass is 384 g/mol. The number of anilines is 1. The summed E-state index contributed by atoms with van der Waals surface area (Å²) in [6.07, 6.45) is 2.30. The van der Waals surface area contributed by atoms with Gasteiger partial charge in [-0.3, -0.25) is 9.59 Å². The minimum Gasteiger partial charge on any atom is -0.368 e. The second kappa shape index (κ2) is 8.39. The van der Waals surface area contributed by atoms with Gasteiger partial charge in [0.05, 0.1) is 13.2 Å². The fourth-order valence-corrected chi connectivity index (χ4v) is 3.61. The van der Waals surface area contributed by atoms with Gasteiger partial charge in [-0.15, -0.1) is 0 Å². The summed E-state index contributed by atoms with van der Waals surface area (Å²) in [5, 5.41) is 3.96. The number of piperazine rings is 1. The smallest absolute Gasteiger partial charge is 0.253 e. The molecule has 2 fully saturated rings. The zero-order valence-electron chi connectivity index (χ0n) is 15.7. The number of benzene rings is 1. The van der Waals surface area contributed by atoms with Crippen molar-refractivity contribution in [2.75, 3.05) is 50.8 Å². The number of aromatic nitrogens is 3. The van der Waals surface area contributed by atoms with E-state index >= 15 is 0 Å². The molecule has 1 aromatic carbocycles. The molecule has 4 rings (SSSR count). The van der Waals surface area contributed by atoms with Gasteiger partial charge in [0, 0.05) is 38.4 Å². The third kappa shape index (κ3) is 4.14. The standard InChI is InChI=1S/C19H24N6O3/c26-18(13-25-15-20-14-21-25)24-10-11-28-17(12-24)19(27)23-8-6-22(7-9-23)16-4-2-1-3-5-16/h1-5,14-15,17H,6-13H2/t17-/m1/s1. The van der Waals surface area contributed by atoms with Crippen molar-refractivity contribution in [1.82, 2.24) is 24.6 Å². The van der Waals surface area contributed by atoms with Crippen LogP contribution in [-0.4, -0.2) is 88.4 Å². The van der Waals surface area contributed by atoms with Crippen LogP contribution >= 0.6 is 0 Å². The molecule has 2 amide bonds. The summed E-state index contributed by atoms with van der Waals surface area (Å²) in [4.78, 5) is 35.0. The summed E-state index contributed by atoms with van der Waals surface area (Å²) in [5.74, 6) is -0.119. The first-order chi connectivity index (χ1) is 13.7. The Morgan fingerprint density at radius 1 is 1.04 bits per heavy atom. The van der Waals surface area contributed by atoms with E-state index in [0.29, 0.717) is 26.2 Å². The Balaban J connectivity index is 1.30. The minimum absolute atomic E-state index is 0.0361. The Labute approximate surface area is 163 Å². The molecule has 9 heteroatoms. The van der Waals surface area contributed by atoms with Crippen LogP contribution in [0, 0.1) is 0 Å². The van der Waals surface area contributed by atoms with Gasteiger partial charge < -0.3 is 19.4 Å². The number of amides is 2.